The van der Waals surface area contributed by atoms with Crippen molar-refractivity contribution in [3.63, 3.8) is 0 Å². The highest BCUT2D eigenvalue weighted by Crippen LogP contribution is 2.44. The first-order chi connectivity index (χ1) is 6.89. The Labute approximate surface area is 94.7 Å². The van der Waals surface area contributed by atoms with Gasteiger partial charge in [0, 0.05) is 18.3 Å². The van der Waals surface area contributed by atoms with Crippen LogP contribution in [0.25, 0.3) is 0 Å². The Morgan fingerprint density at radius 3 is 2.40 bits per heavy atom. The summed E-state index contributed by atoms with van der Waals surface area (Å²) in [5.74, 6) is 0.737. The Hall–Kier alpha value is -0.700. The molecule has 1 aromatic rings. The average Bonchev–Trinajstić information content (AvgIpc) is 2.81. The molecule has 1 aliphatic rings. The van der Waals surface area contributed by atoms with Crippen molar-refractivity contribution in [2.45, 2.75) is 51.9 Å². The second-order valence-corrected chi connectivity index (χ2v) is 6.31. The molecule has 15 heavy (non-hydrogen) atoms. The van der Waals surface area contributed by atoms with Crippen molar-refractivity contribution in [1.29, 1.82) is 0 Å². The minimum Gasteiger partial charge on any atom is -0.294 e. The number of hydrogen-bond acceptors (Lipinski definition) is 3. The first-order valence-electron chi connectivity index (χ1n) is 5.41. The first-order valence-corrected chi connectivity index (χ1v) is 6.23. The third-order valence-corrected chi connectivity index (χ3v) is 4.18. The average molecular weight is 223 g/mol. The van der Waals surface area contributed by atoms with E-state index < -0.39 is 0 Å². The molecule has 0 radical (unpaired) electrons. The van der Waals surface area contributed by atoms with Crippen molar-refractivity contribution < 1.29 is 4.79 Å². The molecule has 0 unspecified atom stereocenters. The van der Waals surface area contributed by atoms with Crippen LogP contribution >= 0.6 is 11.3 Å². The second kappa shape index (κ2) is 3.41. The molecule has 0 bridgehead atoms. The van der Waals surface area contributed by atoms with Gasteiger partial charge in [0.05, 0.1) is 15.6 Å². The molecule has 1 aromatic heterocycles. The summed E-state index contributed by atoms with van der Waals surface area (Å²) in [6, 6.07) is 0. The molecule has 82 valence electrons. The molecule has 1 heterocycles. The summed E-state index contributed by atoms with van der Waals surface area (Å²) in [4.78, 5) is 17.1. The Kier molecular flexibility index (Phi) is 2.45. The van der Waals surface area contributed by atoms with E-state index in [1.165, 1.54) is 12.8 Å². The van der Waals surface area contributed by atoms with Crippen molar-refractivity contribution in [2.24, 2.45) is 0 Å². The standard InChI is InChI=1S/C12H17NOS/c1-7(14)10-9(8-5-6-8)13-11(15-10)12(2,3)4/h8H,5-6H2,1-4H3. The summed E-state index contributed by atoms with van der Waals surface area (Å²) >= 11 is 1.58. The number of Topliss-reactive ketones (excluding diaryl/α,β-unsaturated/α-hetero) is 1. The highest BCUT2D eigenvalue weighted by Gasteiger charge is 2.32. The van der Waals surface area contributed by atoms with E-state index in [0.29, 0.717) is 5.92 Å². The number of rotatable bonds is 2. The van der Waals surface area contributed by atoms with Gasteiger partial charge >= 0.3 is 0 Å². The fraction of sp³-hybridized carbons (Fsp3) is 0.667. The van der Waals surface area contributed by atoms with Gasteiger partial charge in [-0.25, -0.2) is 4.98 Å². The van der Waals surface area contributed by atoms with Crippen LogP contribution in [0.5, 0.6) is 0 Å². The summed E-state index contributed by atoms with van der Waals surface area (Å²) < 4.78 is 0. The van der Waals surface area contributed by atoms with E-state index in [2.05, 4.69) is 25.8 Å². The number of carbonyl (C=O) groups excluding carboxylic acids is 1. The predicted molar refractivity (Wildman–Crippen MR) is 62.8 cm³/mol. The maximum atomic E-state index is 11.5. The molecule has 0 spiro atoms. The second-order valence-electron chi connectivity index (χ2n) is 5.31. The molecule has 1 aliphatic carbocycles. The number of carbonyl (C=O) groups is 1. The Morgan fingerprint density at radius 2 is 2.00 bits per heavy atom. The fourth-order valence-corrected chi connectivity index (χ4v) is 2.64. The highest BCUT2D eigenvalue weighted by atomic mass is 32.1. The molecule has 2 rings (SSSR count). The van der Waals surface area contributed by atoms with Crippen molar-refractivity contribution in [3.05, 3.63) is 15.6 Å². The van der Waals surface area contributed by atoms with Crippen LogP contribution in [0.15, 0.2) is 0 Å². The van der Waals surface area contributed by atoms with Crippen molar-refractivity contribution in [2.75, 3.05) is 0 Å². The van der Waals surface area contributed by atoms with Gasteiger partial charge in [0.2, 0.25) is 0 Å². The third-order valence-electron chi connectivity index (χ3n) is 2.58. The number of thiazole rings is 1. The minimum absolute atomic E-state index is 0.0575. The van der Waals surface area contributed by atoms with Gasteiger partial charge in [0.25, 0.3) is 0 Å². The summed E-state index contributed by atoms with van der Waals surface area (Å²) in [6.45, 7) is 8.08. The molecule has 0 amide bonds. The normalized spacial score (nSPS) is 16.8. The van der Waals surface area contributed by atoms with Crippen molar-refractivity contribution in [1.82, 2.24) is 4.98 Å². The smallest absolute Gasteiger partial charge is 0.171 e. The monoisotopic (exact) mass is 223 g/mol. The Bertz CT molecular complexity index is 396. The van der Waals surface area contributed by atoms with E-state index in [1.807, 2.05) is 0 Å². The molecular weight excluding hydrogens is 206 g/mol. The minimum atomic E-state index is 0.0575. The molecule has 0 aliphatic heterocycles. The third kappa shape index (κ3) is 2.12. The van der Waals surface area contributed by atoms with Gasteiger partial charge in [-0.1, -0.05) is 20.8 Å². The van der Waals surface area contributed by atoms with E-state index in [4.69, 9.17) is 0 Å². The lowest BCUT2D eigenvalue weighted by molar-refractivity contribution is 0.102. The molecular formula is C12H17NOS. The Morgan fingerprint density at radius 1 is 1.40 bits per heavy atom. The SMILES string of the molecule is CC(=O)c1sc(C(C)(C)C)nc1C1CC1. The lowest BCUT2D eigenvalue weighted by Gasteiger charge is -2.13. The number of hydrogen-bond donors (Lipinski definition) is 0. The van der Waals surface area contributed by atoms with Gasteiger partial charge < -0.3 is 0 Å². The van der Waals surface area contributed by atoms with Crippen LogP contribution in [0.1, 0.15) is 66.8 Å². The van der Waals surface area contributed by atoms with E-state index in [9.17, 15) is 4.79 Å². The van der Waals surface area contributed by atoms with Crippen LogP contribution in [-0.2, 0) is 5.41 Å². The van der Waals surface area contributed by atoms with Crippen LogP contribution in [0.4, 0.5) is 0 Å². The summed E-state index contributed by atoms with van der Waals surface area (Å²) in [6.07, 6.45) is 2.40. The number of aromatic nitrogens is 1. The van der Waals surface area contributed by atoms with E-state index >= 15 is 0 Å². The van der Waals surface area contributed by atoms with Gasteiger partial charge in [0.15, 0.2) is 5.78 Å². The van der Waals surface area contributed by atoms with Crippen LogP contribution in [0.2, 0.25) is 0 Å². The first kappa shape index (κ1) is 10.8. The maximum absolute atomic E-state index is 11.5. The summed E-state index contributed by atoms with van der Waals surface area (Å²) in [5.41, 5.74) is 1.12. The van der Waals surface area contributed by atoms with Gasteiger partial charge in [-0.15, -0.1) is 11.3 Å². The summed E-state index contributed by atoms with van der Waals surface area (Å²) in [5, 5.41) is 1.09. The van der Waals surface area contributed by atoms with Gasteiger partial charge in [-0.05, 0) is 12.8 Å². The number of nitrogens with zero attached hydrogens (tertiary/aromatic N) is 1. The molecule has 0 atom stereocenters. The van der Waals surface area contributed by atoms with E-state index in [-0.39, 0.29) is 11.2 Å². The highest BCUT2D eigenvalue weighted by molar-refractivity contribution is 7.14. The zero-order valence-electron chi connectivity index (χ0n) is 9.76. The zero-order valence-corrected chi connectivity index (χ0v) is 10.6. The largest absolute Gasteiger partial charge is 0.294 e. The van der Waals surface area contributed by atoms with Crippen molar-refractivity contribution >= 4 is 17.1 Å². The predicted octanol–water partition coefficient (Wildman–Crippen LogP) is 3.52. The molecule has 3 heteroatoms. The van der Waals surface area contributed by atoms with Gasteiger partial charge in [0.1, 0.15) is 0 Å². The molecule has 0 aromatic carbocycles. The van der Waals surface area contributed by atoms with Gasteiger partial charge in [-0.2, -0.15) is 0 Å². The van der Waals surface area contributed by atoms with E-state index in [0.717, 1.165) is 15.6 Å². The van der Waals surface area contributed by atoms with Crippen LogP contribution in [0, 0.1) is 0 Å². The van der Waals surface area contributed by atoms with Crippen molar-refractivity contribution in [3.8, 4) is 0 Å². The van der Waals surface area contributed by atoms with Crippen LogP contribution < -0.4 is 0 Å². The zero-order chi connectivity index (χ0) is 11.2. The molecule has 1 saturated carbocycles. The lowest BCUT2D eigenvalue weighted by Crippen LogP contribution is -2.10. The molecule has 1 fully saturated rings. The lowest BCUT2D eigenvalue weighted by atomic mass is 9.98. The molecule has 2 nitrogen and oxygen atoms in total. The molecule has 0 N–H and O–H groups in total. The topological polar surface area (TPSA) is 30.0 Å². The van der Waals surface area contributed by atoms with Gasteiger partial charge in [-0.3, -0.25) is 4.79 Å². The fourth-order valence-electron chi connectivity index (χ4n) is 1.54. The Balaban J connectivity index is 2.44. The van der Waals surface area contributed by atoms with Crippen LogP contribution in [0.3, 0.4) is 0 Å². The maximum Gasteiger partial charge on any atom is 0.171 e. The molecule has 0 saturated heterocycles. The van der Waals surface area contributed by atoms with E-state index in [1.54, 1.807) is 18.3 Å². The van der Waals surface area contributed by atoms with Crippen LogP contribution in [-0.4, -0.2) is 10.8 Å². The summed E-state index contributed by atoms with van der Waals surface area (Å²) in [7, 11) is 0. The number of ketones is 1. The quantitative estimate of drug-likeness (QED) is 0.718.